The van der Waals surface area contributed by atoms with Gasteiger partial charge in [0.2, 0.25) is 5.91 Å². The lowest BCUT2D eigenvalue weighted by molar-refractivity contribution is -0.121. The van der Waals surface area contributed by atoms with Crippen molar-refractivity contribution in [2.45, 2.75) is 25.9 Å². The van der Waals surface area contributed by atoms with Crippen LogP contribution in [0.3, 0.4) is 0 Å². The molecule has 1 atom stereocenters. The van der Waals surface area contributed by atoms with E-state index in [2.05, 4.69) is 20.3 Å². The molecule has 1 amide bonds. The van der Waals surface area contributed by atoms with Crippen molar-refractivity contribution in [3.8, 4) is 0 Å². The van der Waals surface area contributed by atoms with E-state index in [-0.39, 0.29) is 11.9 Å². The number of anilines is 1. The summed E-state index contributed by atoms with van der Waals surface area (Å²) < 4.78 is 1.81. The van der Waals surface area contributed by atoms with Crippen molar-refractivity contribution in [1.29, 1.82) is 0 Å². The highest BCUT2D eigenvalue weighted by Crippen LogP contribution is 2.15. The Morgan fingerprint density at radius 2 is 2.04 bits per heavy atom. The summed E-state index contributed by atoms with van der Waals surface area (Å²) in [6.45, 7) is 2.45. The van der Waals surface area contributed by atoms with Crippen LogP contribution in [0, 0.1) is 0 Å². The van der Waals surface area contributed by atoms with Gasteiger partial charge in [-0.15, -0.1) is 0 Å². The first kappa shape index (κ1) is 15.0. The fourth-order valence-electron chi connectivity index (χ4n) is 2.42. The first-order valence-corrected chi connectivity index (χ1v) is 7.41. The van der Waals surface area contributed by atoms with Gasteiger partial charge in [-0.1, -0.05) is 30.3 Å². The summed E-state index contributed by atoms with van der Waals surface area (Å²) in [5.41, 5.74) is 8.03. The number of amides is 1. The Hall–Kier alpha value is -2.96. The van der Waals surface area contributed by atoms with Crippen LogP contribution in [-0.4, -0.2) is 25.4 Å². The maximum atomic E-state index is 12.1. The number of rotatable bonds is 5. The Kier molecular flexibility index (Phi) is 4.18. The molecular formula is C16H18N6O. The lowest BCUT2D eigenvalue weighted by Gasteiger charge is -2.14. The zero-order valence-electron chi connectivity index (χ0n) is 12.8. The summed E-state index contributed by atoms with van der Waals surface area (Å²) in [7, 11) is 0. The van der Waals surface area contributed by atoms with Crippen LogP contribution in [0.25, 0.3) is 11.2 Å². The van der Waals surface area contributed by atoms with E-state index in [1.807, 2.05) is 37.3 Å². The lowest BCUT2D eigenvalue weighted by atomic mass is 10.1. The predicted molar refractivity (Wildman–Crippen MR) is 87.4 cm³/mol. The zero-order chi connectivity index (χ0) is 16.2. The van der Waals surface area contributed by atoms with Gasteiger partial charge in [0.1, 0.15) is 11.8 Å². The smallest absolute Gasteiger partial charge is 0.222 e. The van der Waals surface area contributed by atoms with Crippen molar-refractivity contribution in [2.75, 3.05) is 5.73 Å². The molecule has 0 aliphatic heterocycles. The van der Waals surface area contributed by atoms with Crippen molar-refractivity contribution in [1.82, 2.24) is 24.8 Å². The molecule has 0 aliphatic rings. The zero-order valence-corrected chi connectivity index (χ0v) is 12.8. The number of fused-ring (bicyclic) bond motifs is 1. The van der Waals surface area contributed by atoms with Crippen LogP contribution in [-0.2, 0) is 11.3 Å². The second kappa shape index (κ2) is 6.43. The van der Waals surface area contributed by atoms with Crippen molar-refractivity contribution in [3.05, 3.63) is 48.5 Å². The average Bonchev–Trinajstić information content (AvgIpc) is 2.98. The molecule has 1 unspecified atom stereocenters. The maximum absolute atomic E-state index is 12.1. The molecule has 0 aliphatic carbocycles. The Balaban J connectivity index is 1.61. The number of nitrogens with two attached hydrogens (primary N) is 1. The summed E-state index contributed by atoms with van der Waals surface area (Å²) in [6.07, 6.45) is 3.36. The van der Waals surface area contributed by atoms with Crippen LogP contribution < -0.4 is 11.1 Å². The molecular weight excluding hydrogens is 292 g/mol. The van der Waals surface area contributed by atoms with Crippen LogP contribution in [0.15, 0.2) is 43.0 Å². The van der Waals surface area contributed by atoms with Gasteiger partial charge in [-0.3, -0.25) is 4.79 Å². The van der Waals surface area contributed by atoms with Gasteiger partial charge in [0.15, 0.2) is 11.5 Å². The molecule has 3 aromatic rings. The van der Waals surface area contributed by atoms with Crippen LogP contribution in [0.1, 0.15) is 24.9 Å². The summed E-state index contributed by atoms with van der Waals surface area (Å²) in [5, 5.41) is 2.99. The molecule has 3 rings (SSSR count). The molecule has 7 nitrogen and oxygen atoms in total. The number of benzene rings is 1. The Morgan fingerprint density at radius 1 is 1.26 bits per heavy atom. The highest BCUT2D eigenvalue weighted by molar-refractivity contribution is 5.81. The molecule has 2 aromatic heterocycles. The quantitative estimate of drug-likeness (QED) is 0.747. The normalized spacial score (nSPS) is 12.2. The number of nitrogens with zero attached hydrogens (tertiary/aromatic N) is 4. The van der Waals surface area contributed by atoms with Crippen LogP contribution in [0.2, 0.25) is 0 Å². The number of carbonyl (C=O) groups excluding carboxylic acids is 1. The third-order valence-corrected chi connectivity index (χ3v) is 3.69. The number of hydrogen-bond donors (Lipinski definition) is 2. The molecule has 1 aromatic carbocycles. The van der Waals surface area contributed by atoms with Gasteiger partial charge in [0, 0.05) is 13.0 Å². The van der Waals surface area contributed by atoms with E-state index in [0.717, 1.165) is 5.56 Å². The number of hydrogen-bond acceptors (Lipinski definition) is 5. The Labute approximate surface area is 133 Å². The van der Waals surface area contributed by atoms with Crippen molar-refractivity contribution in [2.24, 2.45) is 0 Å². The maximum Gasteiger partial charge on any atom is 0.222 e. The second-order valence-electron chi connectivity index (χ2n) is 5.32. The molecule has 0 fully saturated rings. The van der Waals surface area contributed by atoms with E-state index in [4.69, 9.17) is 5.73 Å². The number of nitrogen functional groups attached to an aromatic ring is 1. The van der Waals surface area contributed by atoms with Crippen LogP contribution in [0.5, 0.6) is 0 Å². The highest BCUT2D eigenvalue weighted by atomic mass is 16.1. The fraction of sp³-hybridized carbons (Fsp3) is 0.250. The molecule has 3 N–H and O–H groups in total. The Morgan fingerprint density at radius 3 is 2.83 bits per heavy atom. The molecule has 0 bridgehead atoms. The van der Waals surface area contributed by atoms with E-state index in [0.29, 0.717) is 29.9 Å². The van der Waals surface area contributed by atoms with Gasteiger partial charge in [0.05, 0.1) is 12.4 Å². The molecule has 0 radical (unpaired) electrons. The Bertz CT molecular complexity index is 814. The van der Waals surface area contributed by atoms with Crippen LogP contribution >= 0.6 is 0 Å². The molecule has 7 heteroatoms. The number of aromatic nitrogens is 4. The first-order chi connectivity index (χ1) is 11.1. The third kappa shape index (κ3) is 3.28. The van der Waals surface area contributed by atoms with Gasteiger partial charge in [-0.2, -0.15) is 0 Å². The SMILES string of the molecule is CC(NC(=O)CCn1cnc2c(N)ncnc21)c1ccccc1. The number of aryl methyl sites for hydroxylation is 1. The largest absolute Gasteiger partial charge is 0.382 e. The second-order valence-corrected chi connectivity index (χ2v) is 5.32. The highest BCUT2D eigenvalue weighted by Gasteiger charge is 2.11. The summed E-state index contributed by atoms with van der Waals surface area (Å²) in [6, 6.07) is 9.83. The monoisotopic (exact) mass is 310 g/mol. The van der Waals surface area contributed by atoms with Crippen molar-refractivity contribution >= 4 is 22.9 Å². The minimum absolute atomic E-state index is 0.0229. The standard InChI is InChI=1S/C16H18N6O/c1-11(12-5-3-2-4-6-12)21-13(23)7-8-22-10-20-14-15(17)18-9-19-16(14)22/h2-6,9-11H,7-8H2,1H3,(H,21,23)(H2,17,18,19). The minimum atomic E-state index is -0.0267. The van der Waals surface area contributed by atoms with Crippen molar-refractivity contribution in [3.63, 3.8) is 0 Å². The molecule has 23 heavy (non-hydrogen) atoms. The third-order valence-electron chi connectivity index (χ3n) is 3.69. The van der Waals surface area contributed by atoms with Gasteiger partial charge in [-0.25, -0.2) is 15.0 Å². The minimum Gasteiger partial charge on any atom is -0.382 e. The summed E-state index contributed by atoms with van der Waals surface area (Å²) in [5.74, 6) is 0.320. The van der Waals surface area contributed by atoms with E-state index in [1.165, 1.54) is 6.33 Å². The van der Waals surface area contributed by atoms with Crippen molar-refractivity contribution < 1.29 is 4.79 Å². The number of carbonyl (C=O) groups is 1. The van der Waals surface area contributed by atoms with Gasteiger partial charge < -0.3 is 15.6 Å². The first-order valence-electron chi connectivity index (χ1n) is 7.41. The fourth-order valence-corrected chi connectivity index (χ4v) is 2.42. The van der Waals surface area contributed by atoms with E-state index >= 15 is 0 Å². The van der Waals surface area contributed by atoms with Gasteiger partial charge >= 0.3 is 0 Å². The average molecular weight is 310 g/mol. The molecule has 118 valence electrons. The molecule has 0 saturated heterocycles. The van der Waals surface area contributed by atoms with E-state index < -0.39 is 0 Å². The molecule has 0 spiro atoms. The molecule has 0 saturated carbocycles. The summed E-state index contributed by atoms with van der Waals surface area (Å²) >= 11 is 0. The predicted octanol–water partition coefficient (Wildman–Crippen LogP) is 1.68. The molecule has 2 heterocycles. The van der Waals surface area contributed by atoms with Crippen LogP contribution in [0.4, 0.5) is 5.82 Å². The van der Waals surface area contributed by atoms with Gasteiger partial charge in [0.25, 0.3) is 0 Å². The van der Waals surface area contributed by atoms with E-state index in [9.17, 15) is 4.79 Å². The number of nitrogens with one attached hydrogen (secondary N) is 1. The lowest BCUT2D eigenvalue weighted by Crippen LogP contribution is -2.27. The topological polar surface area (TPSA) is 98.7 Å². The van der Waals surface area contributed by atoms with E-state index in [1.54, 1.807) is 10.9 Å². The van der Waals surface area contributed by atoms with Gasteiger partial charge in [-0.05, 0) is 12.5 Å². The number of imidazole rings is 1. The summed E-state index contributed by atoms with van der Waals surface area (Å²) in [4.78, 5) is 24.4.